The van der Waals surface area contributed by atoms with Crippen LogP contribution in [0.25, 0.3) is 0 Å². The number of rotatable bonds is 4. The molecular formula is C18H21ClN4O. The quantitative estimate of drug-likeness (QED) is 0.855. The van der Waals surface area contributed by atoms with Crippen LogP contribution in [-0.2, 0) is 16.9 Å². The normalized spacial score (nSPS) is 21.0. The molecule has 5 nitrogen and oxygen atoms in total. The number of carbonyl (C=O) groups excluding carboxylic acids is 1. The van der Waals surface area contributed by atoms with Crippen molar-refractivity contribution in [2.45, 2.75) is 24.9 Å². The highest BCUT2D eigenvalue weighted by Gasteiger charge is 2.50. The first-order valence-electron chi connectivity index (χ1n) is 8.02. The molecule has 2 aromatic rings. The first kappa shape index (κ1) is 16.9. The van der Waals surface area contributed by atoms with E-state index in [0.29, 0.717) is 12.2 Å². The van der Waals surface area contributed by atoms with Crippen molar-refractivity contribution < 1.29 is 4.79 Å². The number of halogens is 1. The smallest absolute Gasteiger partial charge is 0.248 e. The van der Waals surface area contributed by atoms with E-state index in [9.17, 15) is 4.79 Å². The molecule has 0 saturated carbocycles. The van der Waals surface area contributed by atoms with E-state index in [2.05, 4.69) is 14.9 Å². The molecular weight excluding hydrogens is 324 g/mol. The van der Waals surface area contributed by atoms with Gasteiger partial charge in [0, 0.05) is 38.1 Å². The molecule has 0 radical (unpaired) electrons. The molecule has 126 valence electrons. The number of likely N-dealkylation sites (tertiary alicyclic amines) is 1. The lowest BCUT2D eigenvalue weighted by molar-refractivity contribution is -0.141. The van der Waals surface area contributed by atoms with Gasteiger partial charge in [0.2, 0.25) is 5.91 Å². The minimum absolute atomic E-state index is 0.0348. The number of nitrogens with zero attached hydrogens (tertiary/aromatic N) is 4. The van der Waals surface area contributed by atoms with Gasteiger partial charge in [-0.05, 0) is 31.0 Å². The van der Waals surface area contributed by atoms with E-state index in [1.807, 2.05) is 24.3 Å². The second kappa shape index (κ2) is 6.87. The number of carbonyl (C=O) groups is 1. The monoisotopic (exact) mass is 344 g/mol. The van der Waals surface area contributed by atoms with Gasteiger partial charge in [0.1, 0.15) is 5.54 Å². The molecule has 1 amide bonds. The van der Waals surface area contributed by atoms with Crippen molar-refractivity contribution in [1.29, 1.82) is 0 Å². The average Bonchev–Trinajstić information content (AvgIpc) is 3.01. The summed E-state index contributed by atoms with van der Waals surface area (Å²) in [6.45, 7) is 1.43. The van der Waals surface area contributed by atoms with Crippen LogP contribution in [0.3, 0.4) is 0 Å². The lowest BCUT2D eigenvalue weighted by Gasteiger charge is -2.38. The molecule has 1 aliphatic heterocycles. The van der Waals surface area contributed by atoms with Crippen LogP contribution in [0.1, 0.15) is 24.1 Å². The lowest BCUT2D eigenvalue weighted by Crippen LogP contribution is -2.52. The minimum Gasteiger partial charge on any atom is -0.347 e. The van der Waals surface area contributed by atoms with Gasteiger partial charge in [0.05, 0.1) is 11.9 Å². The third-order valence-corrected chi connectivity index (χ3v) is 4.94. The number of aromatic nitrogens is 2. The van der Waals surface area contributed by atoms with Gasteiger partial charge in [-0.2, -0.15) is 0 Å². The molecule has 1 aliphatic rings. The molecule has 24 heavy (non-hydrogen) atoms. The molecule has 1 aromatic carbocycles. The number of amides is 1. The Morgan fingerprint density at radius 3 is 2.79 bits per heavy atom. The summed E-state index contributed by atoms with van der Waals surface area (Å²) in [6.07, 6.45) is 6.64. The molecule has 1 saturated heterocycles. The van der Waals surface area contributed by atoms with Crippen LogP contribution < -0.4 is 0 Å². The van der Waals surface area contributed by atoms with Crippen molar-refractivity contribution in [3.63, 3.8) is 0 Å². The third kappa shape index (κ3) is 2.89. The predicted octanol–water partition coefficient (Wildman–Crippen LogP) is 2.71. The standard InChI is InChI=1S/C18H21ClN4O/c1-22(2)17(24)18(16-12-20-9-10-21-16)8-5-11-23(18)13-14-6-3-4-7-15(14)19/h3-4,6-7,9-10,12H,5,8,11,13H2,1-2H3/t18-/m0/s1. The first-order valence-corrected chi connectivity index (χ1v) is 8.40. The van der Waals surface area contributed by atoms with Crippen LogP contribution in [0, 0.1) is 0 Å². The van der Waals surface area contributed by atoms with Gasteiger partial charge >= 0.3 is 0 Å². The number of hydrogen-bond acceptors (Lipinski definition) is 4. The van der Waals surface area contributed by atoms with Gasteiger partial charge < -0.3 is 4.90 Å². The number of hydrogen-bond donors (Lipinski definition) is 0. The first-order chi connectivity index (χ1) is 11.6. The van der Waals surface area contributed by atoms with Crippen LogP contribution in [0.4, 0.5) is 0 Å². The van der Waals surface area contributed by atoms with E-state index >= 15 is 0 Å². The molecule has 0 unspecified atom stereocenters. The highest BCUT2D eigenvalue weighted by atomic mass is 35.5. The maximum absolute atomic E-state index is 13.1. The van der Waals surface area contributed by atoms with Gasteiger partial charge in [-0.1, -0.05) is 29.8 Å². The Bertz CT molecular complexity index is 722. The Morgan fingerprint density at radius 1 is 1.33 bits per heavy atom. The molecule has 3 rings (SSSR count). The molecule has 0 aliphatic carbocycles. The van der Waals surface area contributed by atoms with E-state index in [4.69, 9.17) is 11.6 Å². The molecule has 1 fully saturated rings. The zero-order valence-electron chi connectivity index (χ0n) is 13.9. The van der Waals surface area contributed by atoms with Crippen LogP contribution in [-0.4, -0.2) is 46.3 Å². The van der Waals surface area contributed by atoms with Crippen LogP contribution in [0.15, 0.2) is 42.9 Å². The highest BCUT2D eigenvalue weighted by molar-refractivity contribution is 6.31. The summed E-state index contributed by atoms with van der Waals surface area (Å²) in [7, 11) is 3.57. The van der Waals surface area contributed by atoms with Crippen LogP contribution >= 0.6 is 11.6 Å². The summed E-state index contributed by atoms with van der Waals surface area (Å²) in [5.74, 6) is 0.0348. The fourth-order valence-corrected chi connectivity index (χ4v) is 3.64. The molecule has 0 N–H and O–H groups in total. The molecule has 2 heterocycles. The highest BCUT2D eigenvalue weighted by Crippen LogP contribution is 2.40. The van der Waals surface area contributed by atoms with Gasteiger partial charge in [-0.15, -0.1) is 0 Å². The van der Waals surface area contributed by atoms with Gasteiger partial charge in [-0.3, -0.25) is 19.7 Å². The van der Waals surface area contributed by atoms with Crippen LogP contribution in [0.5, 0.6) is 0 Å². The largest absolute Gasteiger partial charge is 0.347 e. The van der Waals surface area contributed by atoms with Gasteiger partial charge in [0.25, 0.3) is 0 Å². The number of likely N-dealkylation sites (N-methyl/N-ethyl adjacent to an activating group) is 1. The van der Waals surface area contributed by atoms with Gasteiger partial charge in [-0.25, -0.2) is 0 Å². The van der Waals surface area contributed by atoms with Crippen molar-refractivity contribution in [2.24, 2.45) is 0 Å². The molecule has 1 aromatic heterocycles. The van der Waals surface area contributed by atoms with E-state index in [0.717, 1.165) is 30.0 Å². The zero-order chi connectivity index (χ0) is 17.2. The summed E-state index contributed by atoms with van der Waals surface area (Å²) in [4.78, 5) is 25.6. The fourth-order valence-electron chi connectivity index (χ4n) is 3.45. The zero-order valence-corrected chi connectivity index (χ0v) is 14.7. The van der Waals surface area contributed by atoms with Crippen molar-refractivity contribution >= 4 is 17.5 Å². The third-order valence-electron chi connectivity index (χ3n) is 4.57. The maximum Gasteiger partial charge on any atom is 0.248 e. The van der Waals surface area contributed by atoms with E-state index in [-0.39, 0.29) is 5.91 Å². The summed E-state index contributed by atoms with van der Waals surface area (Å²) in [5, 5.41) is 0.717. The molecule has 0 spiro atoms. The summed E-state index contributed by atoms with van der Waals surface area (Å²) >= 11 is 6.33. The topological polar surface area (TPSA) is 49.3 Å². The molecule has 6 heteroatoms. The van der Waals surface area contributed by atoms with E-state index in [1.54, 1.807) is 37.6 Å². The predicted molar refractivity (Wildman–Crippen MR) is 93.5 cm³/mol. The Labute approximate surface area is 147 Å². The van der Waals surface area contributed by atoms with Crippen molar-refractivity contribution in [3.8, 4) is 0 Å². The summed E-state index contributed by atoms with van der Waals surface area (Å²) in [6, 6.07) is 7.76. The fraction of sp³-hybridized carbons (Fsp3) is 0.389. The van der Waals surface area contributed by atoms with E-state index in [1.165, 1.54) is 0 Å². The minimum atomic E-state index is -0.781. The number of benzene rings is 1. The second-order valence-corrected chi connectivity index (χ2v) is 6.67. The van der Waals surface area contributed by atoms with Crippen molar-refractivity contribution in [3.05, 3.63) is 59.1 Å². The lowest BCUT2D eigenvalue weighted by atomic mass is 9.90. The molecule has 1 atom stereocenters. The average molecular weight is 345 g/mol. The SMILES string of the molecule is CN(C)C(=O)[C@@]1(c2cnccn2)CCCN1Cc1ccccc1Cl. The Hall–Kier alpha value is -1.98. The van der Waals surface area contributed by atoms with Gasteiger partial charge in [0.15, 0.2) is 0 Å². The van der Waals surface area contributed by atoms with E-state index < -0.39 is 5.54 Å². The second-order valence-electron chi connectivity index (χ2n) is 6.27. The van der Waals surface area contributed by atoms with Crippen molar-refractivity contribution in [2.75, 3.05) is 20.6 Å². The Balaban J connectivity index is 2.04. The Morgan fingerprint density at radius 2 is 2.12 bits per heavy atom. The summed E-state index contributed by atoms with van der Waals surface area (Å²) < 4.78 is 0. The maximum atomic E-state index is 13.1. The summed E-state index contributed by atoms with van der Waals surface area (Å²) in [5.41, 5.74) is 0.936. The van der Waals surface area contributed by atoms with Crippen molar-refractivity contribution in [1.82, 2.24) is 19.8 Å². The van der Waals surface area contributed by atoms with Crippen LogP contribution in [0.2, 0.25) is 5.02 Å². The molecule has 0 bridgehead atoms. The Kier molecular flexibility index (Phi) is 4.83.